The highest BCUT2D eigenvalue weighted by atomic mass is 16.4. The molecule has 2 aromatic rings. The predicted octanol–water partition coefficient (Wildman–Crippen LogP) is 3.98. The predicted molar refractivity (Wildman–Crippen MR) is 85.2 cm³/mol. The lowest BCUT2D eigenvalue weighted by Gasteiger charge is -2.24. The van der Waals surface area contributed by atoms with Gasteiger partial charge in [-0.05, 0) is 43.9 Å². The number of furan rings is 1. The van der Waals surface area contributed by atoms with Crippen LogP contribution >= 0.6 is 0 Å². The molecule has 21 heavy (non-hydrogen) atoms. The number of para-hydroxylation sites is 1. The monoisotopic (exact) mass is 287 g/mol. The summed E-state index contributed by atoms with van der Waals surface area (Å²) in [6.45, 7) is 6.25. The summed E-state index contributed by atoms with van der Waals surface area (Å²) in [5, 5.41) is 11.6. The average molecular weight is 287 g/mol. The van der Waals surface area contributed by atoms with Crippen LogP contribution in [0.3, 0.4) is 0 Å². The molecular formula is C18H25NO2. The minimum Gasteiger partial charge on any atom is -0.458 e. The van der Waals surface area contributed by atoms with Crippen LogP contribution in [0, 0.1) is 5.92 Å². The molecular weight excluding hydrogens is 262 g/mol. The van der Waals surface area contributed by atoms with Gasteiger partial charge >= 0.3 is 0 Å². The Morgan fingerprint density at radius 2 is 2.05 bits per heavy atom. The normalized spacial score (nSPS) is 17.0. The van der Waals surface area contributed by atoms with Crippen molar-refractivity contribution in [1.29, 1.82) is 0 Å². The van der Waals surface area contributed by atoms with Crippen LogP contribution in [-0.4, -0.2) is 29.1 Å². The number of aliphatic hydroxyl groups is 1. The zero-order chi connectivity index (χ0) is 14.8. The first-order chi connectivity index (χ1) is 10.1. The molecule has 1 atom stereocenters. The molecule has 0 saturated heterocycles. The van der Waals surface area contributed by atoms with Crippen LogP contribution in [0.2, 0.25) is 0 Å². The third-order valence-corrected chi connectivity index (χ3v) is 4.24. The second-order valence-corrected chi connectivity index (χ2v) is 6.61. The molecule has 0 aliphatic heterocycles. The second kappa shape index (κ2) is 6.20. The molecule has 1 aromatic heterocycles. The number of benzene rings is 1. The van der Waals surface area contributed by atoms with Crippen molar-refractivity contribution < 1.29 is 9.52 Å². The summed E-state index contributed by atoms with van der Waals surface area (Å²) in [6, 6.07) is 10.6. The van der Waals surface area contributed by atoms with E-state index in [1.807, 2.05) is 30.3 Å². The first-order valence-electron chi connectivity index (χ1n) is 8.04. The molecule has 1 saturated carbocycles. The van der Waals surface area contributed by atoms with Gasteiger partial charge in [-0.1, -0.05) is 32.0 Å². The lowest BCUT2D eigenvalue weighted by atomic mass is 10.1. The van der Waals surface area contributed by atoms with Crippen molar-refractivity contribution in [3.05, 3.63) is 36.1 Å². The molecule has 1 aliphatic carbocycles. The molecule has 0 bridgehead atoms. The summed E-state index contributed by atoms with van der Waals surface area (Å²) in [4.78, 5) is 2.43. The van der Waals surface area contributed by atoms with Crippen molar-refractivity contribution in [3.63, 3.8) is 0 Å². The molecule has 0 amide bonds. The molecule has 3 heteroatoms. The van der Waals surface area contributed by atoms with Gasteiger partial charge in [0.15, 0.2) is 0 Å². The standard InChI is InChI=1S/C18H25NO2/c1-13(2)9-10-19(15-7-8-15)12-16(20)18-11-14-5-3-4-6-17(14)21-18/h3-6,11,13,15-16,20H,7-10,12H2,1-2H3. The Bertz CT molecular complexity index is 553. The van der Waals surface area contributed by atoms with Crippen LogP contribution in [0.1, 0.15) is 45.0 Å². The van der Waals surface area contributed by atoms with Gasteiger partial charge in [-0.3, -0.25) is 4.90 Å². The SMILES string of the molecule is CC(C)CCN(CC(O)c1cc2ccccc2o1)C1CC1. The van der Waals surface area contributed by atoms with Gasteiger partial charge in [-0.15, -0.1) is 0 Å². The number of hydrogen-bond acceptors (Lipinski definition) is 3. The van der Waals surface area contributed by atoms with E-state index in [0.717, 1.165) is 17.5 Å². The fourth-order valence-electron chi connectivity index (χ4n) is 2.77. The van der Waals surface area contributed by atoms with E-state index in [9.17, 15) is 5.11 Å². The molecule has 1 aromatic carbocycles. The minimum atomic E-state index is -0.537. The maximum atomic E-state index is 10.5. The van der Waals surface area contributed by atoms with Crippen molar-refractivity contribution in [2.24, 2.45) is 5.92 Å². The van der Waals surface area contributed by atoms with Crippen molar-refractivity contribution >= 4 is 11.0 Å². The lowest BCUT2D eigenvalue weighted by molar-refractivity contribution is 0.0895. The maximum Gasteiger partial charge on any atom is 0.135 e. The first kappa shape index (κ1) is 14.6. The zero-order valence-electron chi connectivity index (χ0n) is 13.0. The Morgan fingerprint density at radius 3 is 2.71 bits per heavy atom. The van der Waals surface area contributed by atoms with Crippen LogP contribution < -0.4 is 0 Å². The van der Waals surface area contributed by atoms with Gasteiger partial charge in [0.25, 0.3) is 0 Å². The number of rotatable bonds is 7. The molecule has 114 valence electrons. The number of hydrogen-bond donors (Lipinski definition) is 1. The Kier molecular flexibility index (Phi) is 4.32. The summed E-state index contributed by atoms with van der Waals surface area (Å²) in [6.07, 6.45) is 3.18. The fourth-order valence-corrected chi connectivity index (χ4v) is 2.77. The van der Waals surface area contributed by atoms with Gasteiger partial charge in [0.05, 0.1) is 0 Å². The van der Waals surface area contributed by atoms with Crippen LogP contribution in [0.5, 0.6) is 0 Å². The maximum absolute atomic E-state index is 10.5. The molecule has 3 rings (SSSR count). The van der Waals surface area contributed by atoms with Gasteiger partial charge in [0.2, 0.25) is 0 Å². The Labute approximate surface area is 126 Å². The van der Waals surface area contributed by atoms with Gasteiger partial charge in [0, 0.05) is 18.0 Å². The van der Waals surface area contributed by atoms with E-state index in [1.165, 1.54) is 19.3 Å². The van der Waals surface area contributed by atoms with Gasteiger partial charge < -0.3 is 9.52 Å². The van der Waals surface area contributed by atoms with E-state index in [4.69, 9.17) is 4.42 Å². The van der Waals surface area contributed by atoms with E-state index in [1.54, 1.807) is 0 Å². The van der Waals surface area contributed by atoms with E-state index in [2.05, 4.69) is 18.7 Å². The minimum absolute atomic E-state index is 0.537. The molecule has 0 spiro atoms. The number of fused-ring (bicyclic) bond motifs is 1. The topological polar surface area (TPSA) is 36.6 Å². The largest absolute Gasteiger partial charge is 0.458 e. The fraction of sp³-hybridized carbons (Fsp3) is 0.556. The third kappa shape index (κ3) is 3.66. The summed E-state index contributed by atoms with van der Waals surface area (Å²) in [5.74, 6) is 1.39. The van der Waals surface area contributed by atoms with E-state index in [0.29, 0.717) is 24.3 Å². The molecule has 1 N–H and O–H groups in total. The highest BCUT2D eigenvalue weighted by Gasteiger charge is 2.31. The number of nitrogens with zero attached hydrogens (tertiary/aromatic N) is 1. The Morgan fingerprint density at radius 1 is 1.29 bits per heavy atom. The average Bonchev–Trinajstić information content (AvgIpc) is 3.20. The lowest BCUT2D eigenvalue weighted by Crippen LogP contribution is -2.32. The van der Waals surface area contributed by atoms with Crippen molar-refractivity contribution in [2.75, 3.05) is 13.1 Å². The summed E-state index contributed by atoms with van der Waals surface area (Å²) in [5.41, 5.74) is 0.853. The van der Waals surface area contributed by atoms with Gasteiger partial charge in [-0.25, -0.2) is 0 Å². The van der Waals surface area contributed by atoms with E-state index in [-0.39, 0.29) is 0 Å². The van der Waals surface area contributed by atoms with E-state index < -0.39 is 6.10 Å². The molecule has 1 aliphatic rings. The molecule has 1 unspecified atom stereocenters. The van der Waals surface area contributed by atoms with Gasteiger partial charge in [0.1, 0.15) is 17.4 Å². The summed E-state index contributed by atoms with van der Waals surface area (Å²) < 4.78 is 5.78. The molecule has 0 radical (unpaired) electrons. The Balaban J connectivity index is 1.66. The second-order valence-electron chi connectivity index (χ2n) is 6.61. The Hall–Kier alpha value is -1.32. The molecule has 1 fully saturated rings. The van der Waals surface area contributed by atoms with E-state index >= 15 is 0 Å². The third-order valence-electron chi connectivity index (χ3n) is 4.24. The summed E-state index contributed by atoms with van der Waals surface area (Å²) >= 11 is 0. The van der Waals surface area contributed by atoms with Crippen molar-refractivity contribution in [1.82, 2.24) is 4.90 Å². The number of aliphatic hydroxyl groups excluding tert-OH is 1. The summed E-state index contributed by atoms with van der Waals surface area (Å²) in [7, 11) is 0. The molecule has 1 heterocycles. The van der Waals surface area contributed by atoms with Crippen LogP contribution in [0.15, 0.2) is 34.7 Å². The first-order valence-corrected chi connectivity index (χ1v) is 8.04. The smallest absolute Gasteiger partial charge is 0.135 e. The highest BCUT2D eigenvalue weighted by Crippen LogP contribution is 2.30. The van der Waals surface area contributed by atoms with Crippen molar-refractivity contribution in [3.8, 4) is 0 Å². The van der Waals surface area contributed by atoms with Crippen LogP contribution in [-0.2, 0) is 0 Å². The quantitative estimate of drug-likeness (QED) is 0.837. The zero-order valence-corrected chi connectivity index (χ0v) is 13.0. The van der Waals surface area contributed by atoms with Crippen LogP contribution in [0.4, 0.5) is 0 Å². The van der Waals surface area contributed by atoms with Crippen molar-refractivity contribution in [2.45, 2.75) is 45.3 Å². The molecule has 3 nitrogen and oxygen atoms in total. The van der Waals surface area contributed by atoms with Gasteiger partial charge in [-0.2, -0.15) is 0 Å². The van der Waals surface area contributed by atoms with Crippen LogP contribution in [0.25, 0.3) is 11.0 Å². The highest BCUT2D eigenvalue weighted by molar-refractivity contribution is 5.77.